The third-order valence-electron chi connectivity index (χ3n) is 10.5. The maximum absolute atomic E-state index is 6.80. The average molecular weight is 675 g/mol. The molecule has 46 heavy (non-hydrogen) atoms. The molecule has 0 unspecified atom stereocenters. The zero-order valence-electron chi connectivity index (χ0n) is 31.3. The molecule has 0 aliphatic rings. The van der Waals surface area contributed by atoms with Gasteiger partial charge in [-0.05, 0) is 36.6 Å². The second-order valence-corrected chi connectivity index (χ2v) is 16.4. The normalized spacial score (nSPS) is 12.2. The third kappa shape index (κ3) is 19.0. The fourth-order valence-corrected chi connectivity index (χ4v) is 9.82. The summed E-state index contributed by atoms with van der Waals surface area (Å²) >= 11 is 3.86. The fraction of sp³-hybridized carbons (Fsp3) is 0.860. The van der Waals surface area contributed by atoms with Crippen LogP contribution in [0, 0.1) is 0 Å². The molecule has 0 saturated carbocycles. The topological polar surface area (TPSA) is 9.23 Å². The van der Waals surface area contributed by atoms with Crippen LogP contribution in [0.15, 0.2) is 16.8 Å². The maximum Gasteiger partial charge on any atom is 0.0953 e. The highest BCUT2D eigenvalue weighted by atomic mass is 32.1. The molecule has 2 aromatic heterocycles. The van der Waals surface area contributed by atoms with Gasteiger partial charge in [0.05, 0.1) is 10.3 Å². The van der Waals surface area contributed by atoms with Crippen LogP contribution in [0.25, 0.3) is 9.40 Å². The molecule has 0 aliphatic heterocycles. The van der Waals surface area contributed by atoms with Crippen LogP contribution in [-0.4, -0.2) is 6.61 Å². The Bertz CT molecular complexity index is 864. The first-order valence-corrected chi connectivity index (χ1v) is 22.6. The van der Waals surface area contributed by atoms with E-state index in [-0.39, 0.29) is 5.60 Å². The Hall–Kier alpha value is -0.380. The first-order chi connectivity index (χ1) is 22.8. The van der Waals surface area contributed by atoms with Gasteiger partial charge in [-0.15, -0.1) is 22.7 Å². The molecule has 0 saturated heterocycles. The summed E-state index contributed by atoms with van der Waals surface area (Å²) in [6.07, 6.45) is 45.2. The average Bonchev–Trinajstić information content (AvgIpc) is 3.69. The van der Waals surface area contributed by atoms with Crippen molar-refractivity contribution in [3.8, 4) is 0 Å². The molecule has 0 spiro atoms. The van der Waals surface area contributed by atoms with Gasteiger partial charge in [-0.1, -0.05) is 206 Å². The van der Waals surface area contributed by atoms with Gasteiger partial charge in [0.15, 0.2) is 0 Å². The van der Waals surface area contributed by atoms with Crippen molar-refractivity contribution >= 4 is 32.1 Å². The van der Waals surface area contributed by atoms with Crippen LogP contribution in [0.3, 0.4) is 0 Å². The lowest BCUT2D eigenvalue weighted by atomic mass is 9.84. The molecule has 0 aromatic carbocycles. The number of ether oxygens (including phenoxy) is 1. The monoisotopic (exact) mass is 675 g/mol. The Balaban J connectivity index is 1.62. The summed E-state index contributed by atoms with van der Waals surface area (Å²) in [5, 5.41) is 4.73. The van der Waals surface area contributed by atoms with Gasteiger partial charge in [0.25, 0.3) is 0 Å². The van der Waals surface area contributed by atoms with Gasteiger partial charge < -0.3 is 4.74 Å². The van der Waals surface area contributed by atoms with Gasteiger partial charge in [-0.3, -0.25) is 0 Å². The standard InChI is InChI=1S/C43H78OS2/c1-4-7-9-11-13-15-17-19-21-23-25-27-29-31-33-36-43(44-6-3,40-39-46-41-35-38-45-42(40)41)37-34-32-30-28-26-24-22-20-18-16-14-12-10-8-5-2/h35,38-39H,4-34,36-37H2,1-3H3. The Labute approximate surface area is 296 Å². The zero-order valence-corrected chi connectivity index (χ0v) is 32.9. The van der Waals surface area contributed by atoms with E-state index in [2.05, 4.69) is 37.6 Å². The van der Waals surface area contributed by atoms with E-state index < -0.39 is 0 Å². The first kappa shape index (κ1) is 41.8. The lowest BCUT2D eigenvalue weighted by Gasteiger charge is -2.34. The largest absolute Gasteiger partial charge is 0.371 e. The van der Waals surface area contributed by atoms with Crippen LogP contribution in [0.2, 0.25) is 0 Å². The van der Waals surface area contributed by atoms with Gasteiger partial charge in [-0.2, -0.15) is 0 Å². The van der Waals surface area contributed by atoms with Gasteiger partial charge in [0.2, 0.25) is 0 Å². The summed E-state index contributed by atoms with van der Waals surface area (Å²) in [5.74, 6) is 0. The number of rotatable bonds is 35. The minimum atomic E-state index is -0.0784. The van der Waals surface area contributed by atoms with Crippen molar-refractivity contribution in [2.75, 3.05) is 6.61 Å². The predicted molar refractivity (Wildman–Crippen MR) is 212 cm³/mol. The van der Waals surface area contributed by atoms with Crippen molar-refractivity contribution < 1.29 is 4.74 Å². The molecular formula is C43H78OS2. The van der Waals surface area contributed by atoms with Crippen molar-refractivity contribution in [1.29, 1.82) is 0 Å². The van der Waals surface area contributed by atoms with E-state index >= 15 is 0 Å². The molecule has 268 valence electrons. The summed E-state index contributed by atoms with van der Waals surface area (Å²) in [5.41, 5.74) is 1.44. The number of hydrogen-bond donors (Lipinski definition) is 0. The molecular weight excluding hydrogens is 597 g/mol. The van der Waals surface area contributed by atoms with Crippen LogP contribution < -0.4 is 0 Å². The maximum atomic E-state index is 6.80. The van der Waals surface area contributed by atoms with E-state index in [0.717, 1.165) is 6.61 Å². The number of hydrogen-bond acceptors (Lipinski definition) is 3. The molecule has 0 amide bonds. The third-order valence-corrected chi connectivity index (χ3v) is 12.5. The number of unbranched alkanes of at least 4 members (excludes halogenated alkanes) is 28. The Morgan fingerprint density at radius 1 is 0.457 bits per heavy atom. The van der Waals surface area contributed by atoms with Crippen molar-refractivity contribution in [3.63, 3.8) is 0 Å². The van der Waals surface area contributed by atoms with Gasteiger partial charge in [-0.25, -0.2) is 0 Å². The zero-order chi connectivity index (χ0) is 32.8. The SMILES string of the molecule is CCCCCCCCCCCCCCCCCC(CCCCCCCCCCCCCCCCC)(OCC)c1csc2ccsc12. The molecule has 2 aromatic rings. The molecule has 3 heteroatoms. The molecule has 0 radical (unpaired) electrons. The van der Waals surface area contributed by atoms with Crippen LogP contribution >= 0.6 is 22.7 Å². The Morgan fingerprint density at radius 3 is 1.15 bits per heavy atom. The predicted octanol–water partition coefficient (Wildman–Crippen LogP) is 16.7. The van der Waals surface area contributed by atoms with E-state index in [1.54, 1.807) is 0 Å². The van der Waals surface area contributed by atoms with Crippen LogP contribution in [0.1, 0.15) is 232 Å². The summed E-state index contributed by atoms with van der Waals surface area (Å²) in [6.45, 7) is 7.65. The smallest absolute Gasteiger partial charge is 0.0953 e. The van der Waals surface area contributed by atoms with Gasteiger partial charge in [0, 0.05) is 16.9 Å². The summed E-state index contributed by atoms with van der Waals surface area (Å²) in [4.78, 5) is 0. The van der Waals surface area contributed by atoms with Crippen LogP contribution in [0.5, 0.6) is 0 Å². The van der Waals surface area contributed by atoms with Crippen molar-refractivity contribution in [2.24, 2.45) is 0 Å². The fourth-order valence-electron chi connectivity index (χ4n) is 7.53. The highest BCUT2D eigenvalue weighted by Gasteiger charge is 2.34. The Kier molecular flexibility index (Phi) is 26.8. The van der Waals surface area contributed by atoms with Crippen LogP contribution in [0.4, 0.5) is 0 Å². The highest BCUT2D eigenvalue weighted by Crippen LogP contribution is 2.45. The van der Waals surface area contributed by atoms with Gasteiger partial charge in [0.1, 0.15) is 0 Å². The van der Waals surface area contributed by atoms with E-state index in [1.165, 1.54) is 220 Å². The molecule has 0 bridgehead atoms. The Morgan fingerprint density at radius 2 is 0.804 bits per heavy atom. The van der Waals surface area contributed by atoms with Crippen molar-refractivity contribution in [1.82, 2.24) is 0 Å². The minimum Gasteiger partial charge on any atom is -0.371 e. The van der Waals surface area contributed by atoms with E-state index in [9.17, 15) is 0 Å². The summed E-state index contributed by atoms with van der Waals surface area (Å²) in [6, 6.07) is 2.31. The molecule has 2 rings (SSSR count). The summed E-state index contributed by atoms with van der Waals surface area (Å²) < 4.78 is 9.76. The van der Waals surface area contributed by atoms with E-state index in [0.29, 0.717) is 0 Å². The van der Waals surface area contributed by atoms with Crippen molar-refractivity contribution in [3.05, 3.63) is 22.4 Å². The summed E-state index contributed by atoms with van der Waals surface area (Å²) in [7, 11) is 0. The molecule has 0 N–H and O–H groups in total. The highest BCUT2D eigenvalue weighted by molar-refractivity contribution is 7.26. The van der Waals surface area contributed by atoms with Gasteiger partial charge >= 0.3 is 0 Å². The molecule has 0 aliphatic carbocycles. The second kappa shape index (κ2) is 29.5. The quantitative estimate of drug-likeness (QED) is 0.0661. The molecule has 0 fully saturated rings. The molecule has 2 heterocycles. The van der Waals surface area contributed by atoms with Crippen molar-refractivity contribution in [2.45, 2.75) is 232 Å². The molecule has 1 nitrogen and oxygen atoms in total. The van der Waals surface area contributed by atoms with Crippen LogP contribution in [-0.2, 0) is 10.3 Å². The number of fused-ring (bicyclic) bond motifs is 1. The minimum absolute atomic E-state index is 0.0784. The van der Waals surface area contributed by atoms with E-state index in [4.69, 9.17) is 4.74 Å². The number of thiophene rings is 2. The first-order valence-electron chi connectivity index (χ1n) is 20.9. The molecule has 0 atom stereocenters. The van der Waals surface area contributed by atoms with E-state index in [1.807, 2.05) is 22.7 Å². The second-order valence-electron chi connectivity index (χ2n) is 14.6. The lowest BCUT2D eigenvalue weighted by molar-refractivity contribution is -0.0592. The lowest BCUT2D eigenvalue weighted by Crippen LogP contribution is -2.30.